The highest BCUT2D eigenvalue weighted by molar-refractivity contribution is 7.89. The normalized spacial score (nSPS) is 15.1. The van der Waals surface area contributed by atoms with Crippen LogP contribution in [-0.4, -0.2) is 30.6 Å². The molecule has 4 nitrogen and oxygen atoms in total. The molecular weight excluding hydrogens is 284 g/mol. The fraction of sp³-hybridized carbons (Fsp3) is 0.615. The summed E-state index contributed by atoms with van der Waals surface area (Å²) in [5.74, 6) is 0.520. The van der Waals surface area contributed by atoms with Gasteiger partial charge in [0.15, 0.2) is 0 Å². The molecule has 1 aromatic heterocycles. The predicted molar refractivity (Wildman–Crippen MR) is 78.9 cm³/mol. The van der Waals surface area contributed by atoms with Crippen molar-refractivity contribution in [1.29, 1.82) is 0 Å². The highest BCUT2D eigenvalue weighted by Gasteiger charge is 2.27. The van der Waals surface area contributed by atoms with E-state index >= 15 is 0 Å². The van der Waals surface area contributed by atoms with Crippen molar-refractivity contribution in [2.24, 2.45) is 0 Å². The third-order valence-electron chi connectivity index (χ3n) is 3.24. The van der Waals surface area contributed by atoms with Crippen LogP contribution in [0.15, 0.2) is 24.5 Å². The summed E-state index contributed by atoms with van der Waals surface area (Å²) in [6.07, 6.45) is 5.16. The number of alkyl halides is 1. The summed E-state index contributed by atoms with van der Waals surface area (Å²) in [6.45, 7) is 3.84. The van der Waals surface area contributed by atoms with E-state index in [2.05, 4.69) is 9.71 Å². The van der Waals surface area contributed by atoms with E-state index in [1.807, 2.05) is 26.0 Å². The molecule has 0 bridgehead atoms. The van der Waals surface area contributed by atoms with Crippen molar-refractivity contribution in [2.75, 3.05) is 11.6 Å². The minimum Gasteiger partial charge on any atom is -0.265 e. The SMILES string of the molecule is CCC(C)(CCCl)NS(=O)(=O)CCc1ccncc1. The van der Waals surface area contributed by atoms with Crippen LogP contribution in [0.25, 0.3) is 0 Å². The molecule has 0 saturated carbocycles. The van der Waals surface area contributed by atoms with Crippen LogP contribution in [0.1, 0.15) is 32.3 Å². The number of rotatable bonds is 8. The van der Waals surface area contributed by atoms with Crippen molar-refractivity contribution in [3.8, 4) is 0 Å². The van der Waals surface area contributed by atoms with Crippen molar-refractivity contribution in [1.82, 2.24) is 9.71 Å². The maximum absolute atomic E-state index is 12.1. The van der Waals surface area contributed by atoms with E-state index in [1.54, 1.807) is 12.4 Å². The smallest absolute Gasteiger partial charge is 0.212 e. The van der Waals surface area contributed by atoms with Gasteiger partial charge in [-0.05, 0) is 43.9 Å². The molecule has 1 aromatic rings. The maximum Gasteiger partial charge on any atom is 0.212 e. The molecule has 1 atom stereocenters. The van der Waals surface area contributed by atoms with E-state index in [9.17, 15) is 8.42 Å². The van der Waals surface area contributed by atoms with Gasteiger partial charge in [-0.2, -0.15) is 0 Å². The van der Waals surface area contributed by atoms with E-state index in [0.717, 1.165) is 5.56 Å². The first-order chi connectivity index (χ1) is 8.91. The Morgan fingerprint density at radius 2 is 2.00 bits per heavy atom. The van der Waals surface area contributed by atoms with Gasteiger partial charge in [0.1, 0.15) is 0 Å². The Kier molecular flexibility index (Phi) is 6.23. The van der Waals surface area contributed by atoms with E-state index in [-0.39, 0.29) is 5.75 Å². The number of sulfonamides is 1. The molecular formula is C13H21ClN2O2S. The van der Waals surface area contributed by atoms with Crippen LogP contribution in [0.4, 0.5) is 0 Å². The average Bonchev–Trinajstić information content (AvgIpc) is 2.37. The molecule has 0 saturated heterocycles. The molecule has 0 aromatic carbocycles. The molecule has 0 aliphatic heterocycles. The Balaban J connectivity index is 2.61. The lowest BCUT2D eigenvalue weighted by Gasteiger charge is -2.28. The van der Waals surface area contributed by atoms with Crippen LogP contribution in [0, 0.1) is 0 Å². The lowest BCUT2D eigenvalue weighted by atomic mass is 9.97. The van der Waals surface area contributed by atoms with Gasteiger partial charge in [0.2, 0.25) is 10.0 Å². The molecule has 0 fully saturated rings. The summed E-state index contributed by atoms with van der Waals surface area (Å²) in [5.41, 5.74) is 0.509. The molecule has 1 heterocycles. The maximum atomic E-state index is 12.1. The second-order valence-electron chi connectivity index (χ2n) is 4.88. The van der Waals surface area contributed by atoms with Crippen molar-refractivity contribution < 1.29 is 8.42 Å². The number of nitrogens with one attached hydrogen (secondary N) is 1. The summed E-state index contributed by atoms with van der Waals surface area (Å²) in [5, 5.41) is 0. The van der Waals surface area contributed by atoms with E-state index in [4.69, 9.17) is 11.6 Å². The standard InChI is InChI=1S/C13H21ClN2O2S/c1-3-13(2,7-8-14)16-19(17,18)11-6-12-4-9-15-10-5-12/h4-5,9-10,16H,3,6-8,11H2,1-2H3. The lowest BCUT2D eigenvalue weighted by Crippen LogP contribution is -2.46. The number of pyridine rings is 1. The molecule has 1 unspecified atom stereocenters. The zero-order valence-electron chi connectivity index (χ0n) is 11.4. The first-order valence-corrected chi connectivity index (χ1v) is 8.56. The summed E-state index contributed by atoms with van der Waals surface area (Å²) < 4.78 is 26.9. The number of aryl methyl sites for hydroxylation is 1. The number of nitrogens with zero attached hydrogens (tertiary/aromatic N) is 1. The van der Waals surface area contributed by atoms with Gasteiger partial charge in [-0.1, -0.05) is 6.92 Å². The molecule has 108 valence electrons. The first-order valence-electron chi connectivity index (χ1n) is 6.37. The molecule has 0 radical (unpaired) electrons. The van der Waals surface area contributed by atoms with Crippen LogP contribution >= 0.6 is 11.6 Å². The quantitative estimate of drug-likeness (QED) is 0.750. The molecule has 0 amide bonds. The Morgan fingerprint density at radius 1 is 1.37 bits per heavy atom. The Labute approximate surface area is 120 Å². The van der Waals surface area contributed by atoms with Gasteiger partial charge in [-0.25, -0.2) is 13.1 Å². The van der Waals surface area contributed by atoms with Gasteiger partial charge in [-0.15, -0.1) is 11.6 Å². The van der Waals surface area contributed by atoms with Gasteiger partial charge in [-0.3, -0.25) is 4.98 Å². The number of hydrogen-bond acceptors (Lipinski definition) is 3. The minimum absolute atomic E-state index is 0.0783. The van der Waals surface area contributed by atoms with Gasteiger partial charge in [0.05, 0.1) is 5.75 Å². The van der Waals surface area contributed by atoms with Crippen molar-refractivity contribution in [3.05, 3.63) is 30.1 Å². The Hall–Kier alpha value is -0.650. The third kappa shape index (κ3) is 5.89. The zero-order valence-corrected chi connectivity index (χ0v) is 13.0. The highest BCUT2D eigenvalue weighted by Crippen LogP contribution is 2.17. The summed E-state index contributed by atoms with van der Waals surface area (Å²) in [7, 11) is -3.30. The second-order valence-corrected chi connectivity index (χ2v) is 7.10. The van der Waals surface area contributed by atoms with E-state index in [0.29, 0.717) is 25.1 Å². The monoisotopic (exact) mass is 304 g/mol. The van der Waals surface area contributed by atoms with E-state index in [1.165, 1.54) is 0 Å². The molecule has 1 N–H and O–H groups in total. The fourth-order valence-electron chi connectivity index (χ4n) is 1.74. The number of halogens is 1. The van der Waals surface area contributed by atoms with Crippen molar-refractivity contribution >= 4 is 21.6 Å². The fourth-order valence-corrected chi connectivity index (χ4v) is 3.76. The number of hydrogen-bond donors (Lipinski definition) is 1. The molecule has 19 heavy (non-hydrogen) atoms. The average molecular weight is 305 g/mol. The molecule has 0 aliphatic carbocycles. The van der Waals surface area contributed by atoms with Crippen LogP contribution < -0.4 is 4.72 Å². The topological polar surface area (TPSA) is 59.1 Å². The van der Waals surface area contributed by atoms with Crippen molar-refractivity contribution in [3.63, 3.8) is 0 Å². The van der Waals surface area contributed by atoms with Gasteiger partial charge in [0.25, 0.3) is 0 Å². The zero-order chi connectivity index (χ0) is 14.4. The van der Waals surface area contributed by atoms with Crippen molar-refractivity contribution in [2.45, 2.75) is 38.6 Å². The van der Waals surface area contributed by atoms with E-state index < -0.39 is 15.6 Å². The summed E-state index contributed by atoms with van der Waals surface area (Å²) in [6, 6.07) is 3.65. The lowest BCUT2D eigenvalue weighted by molar-refractivity contribution is 0.390. The van der Waals surface area contributed by atoms with Crippen LogP contribution in [0.5, 0.6) is 0 Å². The van der Waals surface area contributed by atoms with Crippen LogP contribution in [0.3, 0.4) is 0 Å². The molecule has 0 spiro atoms. The largest absolute Gasteiger partial charge is 0.265 e. The predicted octanol–water partition coefficient (Wildman–Crippen LogP) is 2.34. The third-order valence-corrected chi connectivity index (χ3v) is 4.97. The molecule has 6 heteroatoms. The minimum atomic E-state index is -3.30. The number of aromatic nitrogens is 1. The van der Waals surface area contributed by atoms with Gasteiger partial charge < -0.3 is 0 Å². The Morgan fingerprint density at radius 3 is 2.53 bits per heavy atom. The first kappa shape index (κ1) is 16.4. The molecule has 1 rings (SSSR count). The summed E-state index contributed by atoms with van der Waals surface area (Å²) in [4.78, 5) is 3.91. The van der Waals surface area contributed by atoms with Gasteiger partial charge in [0, 0.05) is 23.8 Å². The second kappa shape index (κ2) is 7.22. The Bertz CT molecular complexity index is 479. The molecule has 0 aliphatic rings. The van der Waals surface area contributed by atoms with Gasteiger partial charge >= 0.3 is 0 Å². The van der Waals surface area contributed by atoms with Crippen LogP contribution in [-0.2, 0) is 16.4 Å². The highest BCUT2D eigenvalue weighted by atomic mass is 35.5. The van der Waals surface area contributed by atoms with Crippen LogP contribution in [0.2, 0.25) is 0 Å². The summed E-state index contributed by atoms with van der Waals surface area (Å²) >= 11 is 5.72.